The van der Waals surface area contributed by atoms with Gasteiger partial charge in [0.25, 0.3) is 11.8 Å². The van der Waals surface area contributed by atoms with Gasteiger partial charge in [0.1, 0.15) is 51.1 Å². The zero-order chi connectivity index (χ0) is 81.4. The predicted octanol–water partition coefficient (Wildman–Crippen LogP) is 18.4. The number of thiocarbonyl (C=S) groups is 2. The molecule has 2 amide bonds. The molecule has 0 bridgehead atoms. The first kappa shape index (κ1) is 85.0. The van der Waals surface area contributed by atoms with Crippen LogP contribution in [0.25, 0.3) is 11.3 Å². The Morgan fingerprint density at radius 1 is 0.414 bits per heavy atom. The third-order valence-electron chi connectivity index (χ3n) is 19.5. The quantitative estimate of drug-likeness (QED) is 0.0345. The number of ether oxygens (including phenoxy) is 1. The fourth-order valence-corrected chi connectivity index (χ4v) is 14.9. The van der Waals surface area contributed by atoms with E-state index >= 15 is 0 Å². The number of carbonyl (C=O) groups is 2. The second-order valence-corrected chi connectivity index (χ2v) is 30.4. The summed E-state index contributed by atoms with van der Waals surface area (Å²) in [5.74, 6) is -0.677. The summed E-state index contributed by atoms with van der Waals surface area (Å²) in [6, 6.07) is 49.2. The lowest BCUT2D eigenvalue weighted by molar-refractivity contribution is 0.101. The molecule has 11 aromatic rings. The van der Waals surface area contributed by atoms with Crippen LogP contribution in [0.2, 0.25) is 0 Å². The van der Waals surface area contributed by atoms with Crippen LogP contribution in [0.3, 0.4) is 0 Å². The number of nitrogens with two attached hydrogens (primary N) is 1. The zero-order valence-corrected chi connectivity index (χ0v) is 67.0. The molecule has 15 rings (SSSR count). The summed E-state index contributed by atoms with van der Waals surface area (Å²) in [7, 11) is -1.98. The lowest BCUT2D eigenvalue weighted by atomic mass is 10.1. The molecule has 6 aromatic carbocycles. The van der Waals surface area contributed by atoms with Crippen LogP contribution in [0.1, 0.15) is 127 Å². The number of nitrogens with zero attached hydrogens (tertiary/aromatic N) is 10. The first-order valence-corrected chi connectivity index (χ1v) is 41.3. The van der Waals surface area contributed by atoms with E-state index in [1.165, 1.54) is 119 Å². The summed E-state index contributed by atoms with van der Waals surface area (Å²) in [5.41, 5.74) is 11.9. The lowest BCUT2D eigenvalue weighted by Gasteiger charge is -2.30. The Balaban J connectivity index is 0.000000143. The molecule has 0 saturated carbocycles. The highest BCUT2D eigenvalue weighted by Gasteiger charge is 2.22. The van der Waals surface area contributed by atoms with Crippen LogP contribution >= 0.6 is 24.4 Å². The van der Waals surface area contributed by atoms with E-state index in [0.717, 1.165) is 129 Å². The number of pyridine rings is 4. The molecule has 0 radical (unpaired) electrons. The summed E-state index contributed by atoms with van der Waals surface area (Å²) < 4.78 is 82.5. The standard InChI is InChI=1S/C18H20FN3O.C18H20FN3S.C18H18N4O3S.C17H18FN3O.C17H18FN3S/c2*19-15-5-6-17(22-11-3-1-2-4-12-22)16(13-15)21-18(23)14-7-9-20-10-8-14;1-25-17-8-3-2-7-15(17)16-10-18(21-12-20-16)22-14-6-4-5-13(9-14)11-26(19,23)24;2*18-14-4-5-16(21-10-2-1-3-11-21)15(12-14)20-17(22)13-6-8-19-9-7-13/h2*5-10,13H,1-4,11-12H2,(H,21,23);2-10,12H,11H2,1H3,(H2,19,23,24)(H,20,21,22);2*4-9,12H,1-3,10-11H2,(H,20,22). The van der Waals surface area contributed by atoms with Crippen molar-refractivity contribution in [2.45, 2.75) is 95.6 Å². The SMILES string of the molecule is COc1ccccc1-c1cc(Nc2cccc(CS(N)(=O)=O)c2)ncn1.Fc1ccc(N2CCCCC2)c(NC(=S)c2ccncc2)c1.Fc1ccc(N2CCCCCC2)c(NC(=S)c2ccncc2)c1.O=C(Nc1cc(F)ccc1N1CCCCC1)c1ccncc1.O=C(Nc1cc(F)ccc1N1CCCCCC1)c1ccncc1. The molecule has 21 nitrogen and oxygen atoms in total. The Hall–Kier alpha value is -11.9. The van der Waals surface area contributed by atoms with Crippen LogP contribution in [0.4, 0.5) is 74.6 Å². The van der Waals surface area contributed by atoms with Gasteiger partial charge in [0, 0.05) is 142 Å². The minimum absolute atomic E-state index is 0.223. The Morgan fingerprint density at radius 2 is 0.759 bits per heavy atom. The van der Waals surface area contributed by atoms with Gasteiger partial charge in [0.2, 0.25) is 10.0 Å². The average molecular weight is 1630 g/mol. The number of halogens is 4. The van der Waals surface area contributed by atoms with Crippen LogP contribution in [-0.2, 0) is 15.8 Å². The third-order valence-corrected chi connectivity index (χ3v) is 20.9. The topological polar surface area (TPSA) is 254 Å². The predicted molar refractivity (Wildman–Crippen MR) is 463 cm³/mol. The van der Waals surface area contributed by atoms with Gasteiger partial charge in [-0.1, -0.05) is 74.4 Å². The number of hydrogen-bond acceptors (Lipinski definition) is 18. The van der Waals surface area contributed by atoms with E-state index in [2.05, 4.69) is 76.1 Å². The molecule has 0 aliphatic carbocycles. The Kier molecular flexibility index (Phi) is 32.0. The van der Waals surface area contributed by atoms with Gasteiger partial charge in [0.05, 0.1) is 64.1 Å². The molecule has 0 spiro atoms. The van der Waals surface area contributed by atoms with E-state index < -0.39 is 10.0 Å². The fraction of sp³-hybridized carbons (Fsp3) is 0.273. The van der Waals surface area contributed by atoms with Crippen molar-refractivity contribution in [2.75, 3.05) is 106 Å². The number of piperidine rings is 2. The Bertz CT molecular complexity index is 4910. The van der Waals surface area contributed by atoms with Crippen molar-refractivity contribution in [3.63, 3.8) is 0 Å². The van der Waals surface area contributed by atoms with Crippen molar-refractivity contribution in [2.24, 2.45) is 5.14 Å². The highest BCUT2D eigenvalue weighted by Crippen LogP contribution is 2.36. The summed E-state index contributed by atoms with van der Waals surface area (Å²) in [6.07, 6.45) is 31.1. The largest absolute Gasteiger partial charge is 0.496 e. The normalized spacial score (nSPS) is 14.1. The molecule has 4 aliphatic rings. The summed E-state index contributed by atoms with van der Waals surface area (Å²) in [6.45, 7) is 7.75. The number of carbonyl (C=O) groups excluding carboxylic acids is 2. The van der Waals surface area contributed by atoms with Gasteiger partial charge in [-0.25, -0.2) is 41.1 Å². The van der Waals surface area contributed by atoms with Crippen molar-refractivity contribution < 1.29 is 40.3 Å². The molecular formula is C88H94F4N16O5S3. The highest BCUT2D eigenvalue weighted by molar-refractivity contribution is 7.88. The van der Waals surface area contributed by atoms with Crippen molar-refractivity contribution in [1.29, 1.82) is 0 Å². The third kappa shape index (κ3) is 26.1. The number of primary sulfonamides is 1. The van der Waals surface area contributed by atoms with Gasteiger partial charge in [0.15, 0.2) is 0 Å². The van der Waals surface area contributed by atoms with Gasteiger partial charge < -0.3 is 50.9 Å². The van der Waals surface area contributed by atoms with Crippen LogP contribution in [-0.4, -0.2) is 120 Å². The number of methoxy groups -OCH3 is 1. The van der Waals surface area contributed by atoms with E-state index in [0.29, 0.717) is 61.0 Å². The molecule has 4 fully saturated rings. The minimum atomic E-state index is -3.58. The summed E-state index contributed by atoms with van der Waals surface area (Å²) in [4.78, 5) is 59.1. The summed E-state index contributed by atoms with van der Waals surface area (Å²) in [5, 5.41) is 20.3. The molecule has 4 aliphatic heterocycles. The first-order chi connectivity index (χ1) is 56.4. The first-order valence-electron chi connectivity index (χ1n) is 38.8. The van der Waals surface area contributed by atoms with E-state index in [4.69, 9.17) is 34.3 Å². The van der Waals surface area contributed by atoms with Crippen molar-refractivity contribution >= 4 is 113 Å². The second-order valence-electron chi connectivity index (χ2n) is 27.9. The van der Waals surface area contributed by atoms with Gasteiger partial charge in [-0.05, 0) is 215 Å². The molecule has 4 saturated heterocycles. The Labute approximate surface area is 685 Å². The molecule has 116 heavy (non-hydrogen) atoms. The molecule has 28 heteroatoms. The molecule has 9 heterocycles. The van der Waals surface area contributed by atoms with E-state index in [1.54, 1.807) is 117 Å². The van der Waals surface area contributed by atoms with E-state index in [9.17, 15) is 35.6 Å². The number of sulfonamides is 1. The van der Waals surface area contributed by atoms with Crippen molar-refractivity contribution in [3.05, 3.63) is 283 Å². The number of benzene rings is 6. The maximum atomic E-state index is 13.7. The van der Waals surface area contributed by atoms with Crippen LogP contribution in [0.15, 0.2) is 232 Å². The van der Waals surface area contributed by atoms with Crippen molar-refractivity contribution in [1.82, 2.24) is 29.9 Å². The minimum Gasteiger partial charge on any atom is -0.496 e. The second kappa shape index (κ2) is 43.6. The van der Waals surface area contributed by atoms with Crippen LogP contribution < -0.4 is 56.1 Å². The monoisotopic (exact) mass is 1630 g/mol. The highest BCUT2D eigenvalue weighted by atomic mass is 32.2. The molecular weight excluding hydrogens is 1530 g/mol. The number of hydrogen-bond donors (Lipinski definition) is 6. The number of nitrogens with one attached hydrogen (secondary N) is 5. The van der Waals surface area contributed by atoms with Gasteiger partial charge in [-0.2, -0.15) is 0 Å². The van der Waals surface area contributed by atoms with Crippen LogP contribution in [0.5, 0.6) is 5.75 Å². The maximum Gasteiger partial charge on any atom is 0.255 e. The van der Waals surface area contributed by atoms with Gasteiger partial charge in [-0.3, -0.25) is 29.5 Å². The number of amides is 2. The van der Waals surface area contributed by atoms with Crippen LogP contribution in [0, 0.1) is 23.3 Å². The van der Waals surface area contributed by atoms with Crippen molar-refractivity contribution in [3.8, 4) is 17.0 Å². The molecule has 0 atom stereocenters. The smallest absolute Gasteiger partial charge is 0.255 e. The van der Waals surface area contributed by atoms with Gasteiger partial charge in [-0.15, -0.1) is 0 Å². The molecule has 5 aromatic heterocycles. The Morgan fingerprint density at radius 3 is 1.12 bits per heavy atom. The molecule has 602 valence electrons. The number of para-hydroxylation sites is 1. The fourth-order valence-electron chi connectivity index (χ4n) is 13.8. The van der Waals surface area contributed by atoms with Gasteiger partial charge >= 0.3 is 0 Å². The zero-order valence-electron chi connectivity index (χ0n) is 64.5. The summed E-state index contributed by atoms with van der Waals surface area (Å²) >= 11 is 10.9. The molecule has 7 N–H and O–H groups in total. The maximum absolute atomic E-state index is 13.7. The van der Waals surface area contributed by atoms with E-state index in [-0.39, 0.29) is 40.8 Å². The number of anilines is 10. The lowest BCUT2D eigenvalue weighted by Crippen LogP contribution is -2.30. The van der Waals surface area contributed by atoms with E-state index in [1.807, 2.05) is 66.7 Å². The number of aromatic nitrogens is 6. The molecule has 0 unspecified atom stereocenters. The number of rotatable bonds is 18. The average Bonchev–Trinajstić information content (AvgIpc) is 1.000.